The van der Waals surface area contributed by atoms with Crippen molar-refractivity contribution in [2.45, 2.75) is 20.4 Å². The van der Waals surface area contributed by atoms with Crippen molar-refractivity contribution in [1.82, 2.24) is 30.0 Å². The highest BCUT2D eigenvalue weighted by atomic mass is 15.3. The number of aryl methyl sites for hydroxylation is 2. The van der Waals surface area contributed by atoms with Gasteiger partial charge in [0.05, 0.1) is 0 Å². The maximum Gasteiger partial charge on any atom is 0.163 e. The average Bonchev–Trinajstić information content (AvgIpc) is 3.24. The number of anilines is 3. The maximum atomic E-state index is 4.72. The van der Waals surface area contributed by atoms with E-state index in [4.69, 9.17) is 4.98 Å². The third-order valence-corrected chi connectivity index (χ3v) is 5.77. The minimum atomic E-state index is 0.650. The van der Waals surface area contributed by atoms with Gasteiger partial charge in [-0.05, 0) is 31.5 Å². The van der Waals surface area contributed by atoms with Gasteiger partial charge in [-0.1, -0.05) is 30.3 Å². The standard InChI is InChI=1S/C25H28N8/c1-18-14-22(28-23-15-19(2)30-31-23)29-25(27-18)21-8-9-24(26-16-21)33-12-10-32(11-13-33)17-20-6-4-3-5-7-20/h3-9,14-16H,10-13,17H2,1-2H3,(H2,27,28,29,30,31). The number of benzene rings is 1. The molecule has 2 N–H and O–H groups in total. The molecular weight excluding hydrogens is 412 g/mol. The van der Waals surface area contributed by atoms with E-state index in [0.29, 0.717) is 11.6 Å². The van der Waals surface area contributed by atoms with Crippen LogP contribution >= 0.6 is 0 Å². The van der Waals surface area contributed by atoms with E-state index in [0.717, 1.165) is 61.3 Å². The van der Waals surface area contributed by atoms with Crippen LogP contribution in [0.15, 0.2) is 60.8 Å². The molecule has 0 bridgehead atoms. The van der Waals surface area contributed by atoms with Crippen LogP contribution in [0.3, 0.4) is 0 Å². The molecule has 0 aliphatic carbocycles. The van der Waals surface area contributed by atoms with Gasteiger partial charge >= 0.3 is 0 Å². The van der Waals surface area contributed by atoms with E-state index >= 15 is 0 Å². The van der Waals surface area contributed by atoms with Crippen LogP contribution in [0.4, 0.5) is 17.5 Å². The summed E-state index contributed by atoms with van der Waals surface area (Å²) in [6.45, 7) is 8.92. The summed E-state index contributed by atoms with van der Waals surface area (Å²) in [6.07, 6.45) is 1.86. The molecule has 0 unspecified atom stereocenters. The molecule has 1 aliphatic rings. The van der Waals surface area contributed by atoms with Crippen LogP contribution in [0.5, 0.6) is 0 Å². The molecule has 3 aromatic heterocycles. The first kappa shape index (κ1) is 21.1. The highest BCUT2D eigenvalue weighted by molar-refractivity contribution is 5.61. The highest BCUT2D eigenvalue weighted by Crippen LogP contribution is 2.22. The van der Waals surface area contributed by atoms with Gasteiger partial charge < -0.3 is 10.2 Å². The summed E-state index contributed by atoms with van der Waals surface area (Å²) in [5.41, 5.74) is 4.13. The Bertz CT molecular complexity index is 1190. The normalized spacial score (nSPS) is 14.4. The van der Waals surface area contributed by atoms with Crippen LogP contribution in [0, 0.1) is 13.8 Å². The van der Waals surface area contributed by atoms with Crippen LogP contribution in [-0.4, -0.2) is 56.2 Å². The van der Waals surface area contributed by atoms with E-state index in [9.17, 15) is 0 Å². The summed E-state index contributed by atoms with van der Waals surface area (Å²) in [7, 11) is 0. The zero-order valence-corrected chi connectivity index (χ0v) is 19.0. The number of hydrogen-bond acceptors (Lipinski definition) is 7. The van der Waals surface area contributed by atoms with Gasteiger partial charge in [0.25, 0.3) is 0 Å². The molecule has 1 aliphatic heterocycles. The van der Waals surface area contributed by atoms with E-state index in [1.165, 1.54) is 5.56 Å². The molecule has 1 fully saturated rings. The van der Waals surface area contributed by atoms with Crippen molar-refractivity contribution < 1.29 is 0 Å². The summed E-state index contributed by atoms with van der Waals surface area (Å²) >= 11 is 0. The van der Waals surface area contributed by atoms with Crippen LogP contribution in [-0.2, 0) is 6.54 Å². The van der Waals surface area contributed by atoms with Crippen LogP contribution < -0.4 is 10.2 Å². The molecule has 0 amide bonds. The zero-order chi connectivity index (χ0) is 22.6. The van der Waals surface area contributed by atoms with Crippen molar-refractivity contribution in [2.75, 3.05) is 36.4 Å². The molecule has 1 saturated heterocycles. The number of piperazine rings is 1. The second kappa shape index (κ2) is 9.38. The van der Waals surface area contributed by atoms with Crippen molar-refractivity contribution >= 4 is 17.5 Å². The Morgan fingerprint density at radius 1 is 0.909 bits per heavy atom. The predicted octanol–water partition coefficient (Wildman–Crippen LogP) is 3.94. The summed E-state index contributed by atoms with van der Waals surface area (Å²) in [5, 5.41) is 10.4. The van der Waals surface area contributed by atoms with Crippen LogP contribution in [0.1, 0.15) is 17.0 Å². The molecule has 8 nitrogen and oxygen atoms in total. The molecule has 5 rings (SSSR count). The molecule has 0 radical (unpaired) electrons. The number of nitrogens with zero attached hydrogens (tertiary/aromatic N) is 6. The summed E-state index contributed by atoms with van der Waals surface area (Å²) in [5.74, 6) is 3.09. The molecule has 0 atom stereocenters. The van der Waals surface area contributed by atoms with Crippen molar-refractivity contribution in [2.24, 2.45) is 0 Å². The Labute approximate surface area is 193 Å². The second-order valence-corrected chi connectivity index (χ2v) is 8.43. The second-order valence-electron chi connectivity index (χ2n) is 8.43. The number of rotatable bonds is 6. The molecule has 8 heteroatoms. The fourth-order valence-electron chi connectivity index (χ4n) is 4.06. The van der Waals surface area contributed by atoms with Gasteiger partial charge in [0.15, 0.2) is 11.6 Å². The largest absolute Gasteiger partial charge is 0.354 e. The molecule has 1 aromatic carbocycles. The molecule has 33 heavy (non-hydrogen) atoms. The van der Waals surface area contributed by atoms with E-state index in [2.05, 4.69) is 77.7 Å². The van der Waals surface area contributed by atoms with Crippen molar-refractivity contribution in [3.63, 3.8) is 0 Å². The predicted molar refractivity (Wildman–Crippen MR) is 131 cm³/mol. The minimum Gasteiger partial charge on any atom is -0.354 e. The Kier molecular flexibility index (Phi) is 5.99. The highest BCUT2D eigenvalue weighted by Gasteiger charge is 2.18. The summed E-state index contributed by atoms with van der Waals surface area (Å²) in [6, 6.07) is 18.6. The number of pyridine rings is 1. The topological polar surface area (TPSA) is 85.9 Å². The van der Waals surface area contributed by atoms with Gasteiger partial charge in [0.2, 0.25) is 0 Å². The first-order valence-electron chi connectivity index (χ1n) is 11.2. The number of aromatic amines is 1. The Morgan fingerprint density at radius 3 is 2.42 bits per heavy atom. The Morgan fingerprint density at radius 2 is 1.73 bits per heavy atom. The van der Waals surface area contributed by atoms with E-state index < -0.39 is 0 Å². The lowest BCUT2D eigenvalue weighted by Crippen LogP contribution is -2.46. The lowest BCUT2D eigenvalue weighted by molar-refractivity contribution is 0.249. The molecule has 0 saturated carbocycles. The maximum absolute atomic E-state index is 4.72. The lowest BCUT2D eigenvalue weighted by atomic mass is 10.2. The molecule has 0 spiro atoms. The third-order valence-electron chi connectivity index (χ3n) is 5.77. The SMILES string of the molecule is Cc1cc(Nc2cc(C)[nH]n2)nc(-c2ccc(N3CCN(Cc4ccccc4)CC3)nc2)n1. The van der Waals surface area contributed by atoms with Gasteiger partial charge in [-0.25, -0.2) is 15.0 Å². The Hall–Kier alpha value is -3.78. The number of nitrogens with one attached hydrogen (secondary N) is 2. The smallest absolute Gasteiger partial charge is 0.163 e. The first-order valence-corrected chi connectivity index (χ1v) is 11.2. The zero-order valence-electron chi connectivity index (χ0n) is 19.0. The molecular formula is C25H28N8. The summed E-state index contributed by atoms with van der Waals surface area (Å²) < 4.78 is 0. The van der Waals surface area contributed by atoms with E-state index in [1.54, 1.807) is 0 Å². The van der Waals surface area contributed by atoms with Gasteiger partial charge in [-0.2, -0.15) is 5.10 Å². The minimum absolute atomic E-state index is 0.650. The molecule has 168 valence electrons. The molecule has 4 aromatic rings. The number of aromatic nitrogens is 5. The first-order chi connectivity index (χ1) is 16.1. The fourth-order valence-corrected chi connectivity index (χ4v) is 4.06. The average molecular weight is 441 g/mol. The van der Waals surface area contributed by atoms with Crippen molar-refractivity contribution in [1.29, 1.82) is 0 Å². The van der Waals surface area contributed by atoms with Gasteiger partial charge in [-0.15, -0.1) is 0 Å². The van der Waals surface area contributed by atoms with E-state index in [-0.39, 0.29) is 0 Å². The van der Waals surface area contributed by atoms with E-state index in [1.807, 2.05) is 32.2 Å². The number of hydrogen-bond donors (Lipinski definition) is 2. The Balaban J connectivity index is 1.23. The molecule has 4 heterocycles. The quantitative estimate of drug-likeness (QED) is 0.470. The lowest BCUT2D eigenvalue weighted by Gasteiger charge is -2.35. The van der Waals surface area contributed by atoms with Gasteiger partial charge in [0.1, 0.15) is 11.6 Å². The fraction of sp³-hybridized carbons (Fsp3) is 0.280. The third kappa shape index (κ3) is 5.18. The number of H-pyrrole nitrogens is 1. The van der Waals surface area contributed by atoms with Gasteiger partial charge in [-0.3, -0.25) is 10.00 Å². The van der Waals surface area contributed by atoms with Gasteiger partial charge in [0, 0.05) is 68.0 Å². The van der Waals surface area contributed by atoms with Crippen LogP contribution in [0.2, 0.25) is 0 Å². The van der Waals surface area contributed by atoms with Crippen LogP contribution in [0.25, 0.3) is 11.4 Å². The van der Waals surface area contributed by atoms with Crippen molar-refractivity contribution in [3.05, 3.63) is 77.7 Å². The van der Waals surface area contributed by atoms with Crippen molar-refractivity contribution in [3.8, 4) is 11.4 Å². The summed E-state index contributed by atoms with van der Waals surface area (Å²) in [4.78, 5) is 18.8. The monoisotopic (exact) mass is 440 g/mol.